The highest BCUT2D eigenvalue weighted by Gasteiger charge is 2.33. The van der Waals surface area contributed by atoms with Crippen LogP contribution in [0.1, 0.15) is 16.7 Å². The number of halogens is 3. The number of ether oxygens (including phenoxy) is 2. The first-order chi connectivity index (χ1) is 14.9. The summed E-state index contributed by atoms with van der Waals surface area (Å²) in [5, 5.41) is 9.38. The van der Waals surface area contributed by atoms with Crippen molar-refractivity contribution in [2.45, 2.75) is 19.3 Å². The van der Waals surface area contributed by atoms with Crippen molar-refractivity contribution >= 4 is 5.91 Å². The molecule has 2 aromatic rings. The summed E-state index contributed by atoms with van der Waals surface area (Å²) in [4.78, 5) is 12.7. The number of rotatable bonds is 7. The maximum absolute atomic E-state index is 12.8. The Labute approximate surface area is 178 Å². The van der Waals surface area contributed by atoms with Crippen molar-refractivity contribution < 1.29 is 27.4 Å². The number of carbonyl (C=O) groups is 1. The molecule has 1 fully saturated rings. The van der Waals surface area contributed by atoms with Gasteiger partial charge in [-0.05, 0) is 35.2 Å². The van der Waals surface area contributed by atoms with E-state index in [1.54, 1.807) is 6.07 Å². The van der Waals surface area contributed by atoms with Gasteiger partial charge in [0.15, 0.2) is 11.5 Å². The molecule has 2 aliphatic heterocycles. The minimum Gasteiger partial charge on any atom is -0.454 e. The normalized spacial score (nSPS) is 20.1. The van der Waals surface area contributed by atoms with Crippen LogP contribution in [0.4, 0.5) is 13.2 Å². The van der Waals surface area contributed by atoms with Crippen LogP contribution in [0, 0.1) is 11.8 Å². The topological polar surface area (TPSA) is 71.6 Å². The summed E-state index contributed by atoms with van der Waals surface area (Å²) in [5.74, 6) is 1.17. The fourth-order valence-corrected chi connectivity index (χ4v) is 3.89. The lowest BCUT2D eigenvalue weighted by Crippen LogP contribution is -2.38. The predicted molar refractivity (Wildman–Crippen MR) is 107 cm³/mol. The van der Waals surface area contributed by atoms with Crippen LogP contribution in [0.3, 0.4) is 0 Å². The van der Waals surface area contributed by atoms with Gasteiger partial charge in [-0.25, -0.2) is 0 Å². The lowest BCUT2D eigenvalue weighted by molar-refractivity contribution is -0.137. The molecular weight excluding hydrogens is 411 g/mol. The molecule has 0 spiro atoms. The molecule has 0 saturated carbocycles. The van der Waals surface area contributed by atoms with Crippen LogP contribution in [0.15, 0.2) is 42.5 Å². The van der Waals surface area contributed by atoms with Gasteiger partial charge in [0.25, 0.3) is 0 Å². The van der Waals surface area contributed by atoms with E-state index in [1.807, 2.05) is 18.2 Å². The molecule has 0 radical (unpaired) electrons. The average molecular weight is 435 g/mol. The van der Waals surface area contributed by atoms with Crippen LogP contribution in [-0.4, -0.2) is 32.3 Å². The number of nitrogens with one attached hydrogen (secondary N) is 3. The van der Waals surface area contributed by atoms with E-state index in [0.717, 1.165) is 17.7 Å². The third kappa shape index (κ3) is 5.29. The molecule has 3 N–H and O–H groups in total. The van der Waals surface area contributed by atoms with Gasteiger partial charge in [0, 0.05) is 32.7 Å². The van der Waals surface area contributed by atoms with Crippen molar-refractivity contribution in [2.24, 2.45) is 11.8 Å². The maximum Gasteiger partial charge on any atom is 0.416 e. The highest BCUT2D eigenvalue weighted by molar-refractivity contribution is 5.79. The lowest BCUT2D eigenvalue weighted by Gasteiger charge is -2.19. The van der Waals surface area contributed by atoms with E-state index in [0.29, 0.717) is 49.8 Å². The number of carbonyl (C=O) groups excluding carboxylic acids is 1. The van der Waals surface area contributed by atoms with Gasteiger partial charge in [-0.3, -0.25) is 4.79 Å². The minimum absolute atomic E-state index is 0.0477. The summed E-state index contributed by atoms with van der Waals surface area (Å²) in [6.07, 6.45) is -4.35. The number of alkyl halides is 3. The van der Waals surface area contributed by atoms with Gasteiger partial charge in [-0.1, -0.05) is 24.3 Å². The van der Waals surface area contributed by atoms with Crippen molar-refractivity contribution in [1.29, 1.82) is 0 Å². The Morgan fingerprint density at radius 1 is 1.03 bits per heavy atom. The number of hydrogen-bond donors (Lipinski definition) is 3. The van der Waals surface area contributed by atoms with Crippen LogP contribution in [-0.2, 0) is 24.1 Å². The van der Waals surface area contributed by atoms with Crippen molar-refractivity contribution in [2.75, 3.05) is 26.4 Å². The Hall–Kier alpha value is -2.78. The van der Waals surface area contributed by atoms with Gasteiger partial charge in [0.2, 0.25) is 12.7 Å². The Kier molecular flexibility index (Phi) is 6.33. The van der Waals surface area contributed by atoms with E-state index < -0.39 is 11.7 Å². The summed E-state index contributed by atoms with van der Waals surface area (Å²) in [7, 11) is 0. The Morgan fingerprint density at radius 2 is 1.84 bits per heavy atom. The predicted octanol–water partition coefficient (Wildman–Crippen LogP) is 2.68. The van der Waals surface area contributed by atoms with Gasteiger partial charge in [0.05, 0.1) is 11.5 Å². The number of benzene rings is 2. The van der Waals surface area contributed by atoms with Gasteiger partial charge >= 0.3 is 6.18 Å². The molecule has 1 amide bonds. The smallest absolute Gasteiger partial charge is 0.416 e. The average Bonchev–Trinajstić information content (AvgIpc) is 3.40. The summed E-state index contributed by atoms with van der Waals surface area (Å²) in [5.41, 5.74) is 0.822. The van der Waals surface area contributed by atoms with Crippen LogP contribution < -0.4 is 25.4 Å². The van der Waals surface area contributed by atoms with Crippen molar-refractivity contribution in [3.05, 3.63) is 59.2 Å². The van der Waals surface area contributed by atoms with Gasteiger partial charge in [-0.15, -0.1) is 0 Å². The van der Waals surface area contributed by atoms with Crippen LogP contribution in [0.2, 0.25) is 0 Å². The van der Waals surface area contributed by atoms with Crippen LogP contribution in [0.5, 0.6) is 11.5 Å². The van der Waals surface area contributed by atoms with E-state index in [2.05, 4.69) is 16.0 Å². The zero-order valence-electron chi connectivity index (χ0n) is 16.8. The summed E-state index contributed by atoms with van der Waals surface area (Å²) in [6.45, 7) is 2.68. The monoisotopic (exact) mass is 435 g/mol. The Bertz CT molecular complexity index is 936. The summed E-state index contributed by atoms with van der Waals surface area (Å²) < 4.78 is 49.2. The van der Waals surface area contributed by atoms with E-state index >= 15 is 0 Å². The van der Waals surface area contributed by atoms with Gasteiger partial charge in [-0.2, -0.15) is 13.2 Å². The van der Waals surface area contributed by atoms with Crippen molar-refractivity contribution in [1.82, 2.24) is 16.0 Å². The molecule has 166 valence electrons. The quantitative estimate of drug-likeness (QED) is 0.624. The molecule has 2 aromatic carbocycles. The Balaban J connectivity index is 1.26. The zero-order valence-corrected chi connectivity index (χ0v) is 16.8. The zero-order chi connectivity index (χ0) is 21.8. The Morgan fingerprint density at radius 3 is 2.68 bits per heavy atom. The van der Waals surface area contributed by atoms with Gasteiger partial charge in [0.1, 0.15) is 0 Å². The van der Waals surface area contributed by atoms with E-state index in [9.17, 15) is 18.0 Å². The minimum atomic E-state index is -4.35. The van der Waals surface area contributed by atoms with Gasteiger partial charge < -0.3 is 25.4 Å². The molecule has 9 heteroatoms. The SMILES string of the molecule is O=C(NCc1ccc2c(c1)OCO2)C1CNC[C@@H]1CNCc1cccc(C(F)(F)F)c1. The fraction of sp³-hybridized carbons (Fsp3) is 0.409. The molecule has 6 nitrogen and oxygen atoms in total. The first kappa shape index (κ1) is 21.5. The number of amides is 1. The molecule has 0 aliphatic carbocycles. The maximum atomic E-state index is 12.8. The number of hydrogen-bond acceptors (Lipinski definition) is 5. The van der Waals surface area contributed by atoms with E-state index in [4.69, 9.17) is 9.47 Å². The van der Waals surface area contributed by atoms with Crippen molar-refractivity contribution in [3.63, 3.8) is 0 Å². The van der Waals surface area contributed by atoms with E-state index in [1.165, 1.54) is 6.07 Å². The third-order valence-corrected chi connectivity index (χ3v) is 5.57. The molecular formula is C22H24F3N3O3. The summed E-state index contributed by atoms with van der Waals surface area (Å²) in [6, 6.07) is 10.8. The largest absolute Gasteiger partial charge is 0.454 e. The molecule has 2 heterocycles. The standard InChI is InChI=1S/C22H24F3N3O3/c23-22(24,25)17-3-1-2-14(6-17)8-26-10-16-11-27-12-18(16)21(29)28-9-15-4-5-19-20(7-15)31-13-30-19/h1-7,16,18,26-27H,8-13H2,(H,28,29)/t16-,18?/m0/s1. The highest BCUT2D eigenvalue weighted by atomic mass is 19.4. The molecule has 4 rings (SSSR count). The lowest BCUT2D eigenvalue weighted by atomic mass is 9.95. The van der Waals surface area contributed by atoms with Crippen LogP contribution >= 0.6 is 0 Å². The molecule has 2 atom stereocenters. The molecule has 0 aromatic heterocycles. The van der Waals surface area contributed by atoms with Crippen molar-refractivity contribution in [3.8, 4) is 11.5 Å². The fourth-order valence-electron chi connectivity index (χ4n) is 3.89. The second-order valence-electron chi connectivity index (χ2n) is 7.76. The number of fused-ring (bicyclic) bond motifs is 1. The molecule has 31 heavy (non-hydrogen) atoms. The second-order valence-corrected chi connectivity index (χ2v) is 7.76. The molecule has 1 unspecified atom stereocenters. The second kappa shape index (κ2) is 9.15. The summed E-state index contributed by atoms with van der Waals surface area (Å²) >= 11 is 0. The first-order valence-electron chi connectivity index (χ1n) is 10.1. The molecule has 0 bridgehead atoms. The molecule has 2 aliphatic rings. The third-order valence-electron chi connectivity index (χ3n) is 5.57. The van der Waals surface area contributed by atoms with Crippen LogP contribution in [0.25, 0.3) is 0 Å². The first-order valence-corrected chi connectivity index (χ1v) is 10.1. The highest BCUT2D eigenvalue weighted by Crippen LogP contribution is 2.32. The van der Waals surface area contributed by atoms with E-state index in [-0.39, 0.29) is 24.5 Å². The molecule has 1 saturated heterocycles.